The maximum Gasteiger partial charge on any atom is 0.164 e. The molecule has 0 radical (unpaired) electrons. The molecule has 1 aliphatic rings. The van der Waals surface area contributed by atoms with Crippen LogP contribution >= 0.6 is 0 Å². The van der Waals surface area contributed by atoms with E-state index in [0.29, 0.717) is 0 Å². The van der Waals surface area contributed by atoms with Crippen LogP contribution in [-0.4, -0.2) is 19.1 Å². The number of rotatable bonds is 3. The highest BCUT2D eigenvalue weighted by molar-refractivity contribution is 6.14. The molecule has 0 N–H and O–H groups in total. The molecule has 0 bridgehead atoms. The molecule has 0 fully saturated rings. The molecule has 240 valence electrons. The van der Waals surface area contributed by atoms with E-state index in [0.717, 1.165) is 56.3 Å². The van der Waals surface area contributed by atoms with Crippen molar-refractivity contribution in [2.24, 2.45) is 0 Å². The van der Waals surface area contributed by atoms with E-state index in [1.54, 1.807) is 0 Å². The summed E-state index contributed by atoms with van der Waals surface area (Å²) >= 11 is 0. The minimum absolute atomic E-state index is 0.301. The first-order valence-corrected chi connectivity index (χ1v) is 17.6. The van der Waals surface area contributed by atoms with E-state index in [-0.39, 0.29) is 5.41 Å². The summed E-state index contributed by atoms with van der Waals surface area (Å²) in [6.07, 6.45) is 0. The highest BCUT2D eigenvalue weighted by Gasteiger charge is 2.39. The predicted octanol–water partition coefficient (Wildman–Crippen LogP) is 11.8. The van der Waals surface area contributed by atoms with Crippen LogP contribution in [0.5, 0.6) is 0 Å². The average molecular weight is 653 g/mol. The maximum absolute atomic E-state index is 5.71. The maximum atomic E-state index is 5.71. The van der Waals surface area contributed by atoms with Crippen molar-refractivity contribution in [3.05, 3.63) is 169 Å². The molecule has 0 aliphatic heterocycles. The minimum atomic E-state index is -0.301. The molecule has 0 amide bonds. The van der Waals surface area contributed by atoms with E-state index in [1.165, 1.54) is 43.4 Å². The molecule has 51 heavy (non-hydrogen) atoms. The van der Waals surface area contributed by atoms with Crippen LogP contribution in [0.4, 0.5) is 0 Å². The van der Waals surface area contributed by atoms with Gasteiger partial charge in [-0.1, -0.05) is 123 Å². The number of hydrogen-bond donors (Lipinski definition) is 0. The van der Waals surface area contributed by atoms with Crippen LogP contribution in [0, 0.1) is 0 Å². The Morgan fingerprint density at radius 3 is 1.84 bits per heavy atom. The van der Waals surface area contributed by atoms with Gasteiger partial charge in [-0.3, -0.25) is 4.57 Å². The number of hydrogen-bond acceptors (Lipinski definition) is 2. The normalized spacial score (nSPS) is 13.5. The number of nitrogens with zero attached hydrogens (tertiary/aromatic N) is 4. The van der Waals surface area contributed by atoms with Gasteiger partial charge in [0.05, 0.1) is 33.5 Å². The average Bonchev–Trinajstić information content (AvgIpc) is 3.76. The third-order valence-corrected chi connectivity index (χ3v) is 11.0. The zero-order chi connectivity index (χ0) is 33.8. The summed E-state index contributed by atoms with van der Waals surface area (Å²) in [5.41, 5.74) is 11.7. The van der Waals surface area contributed by atoms with Crippen LogP contribution in [0.25, 0.3) is 88.4 Å². The van der Waals surface area contributed by atoms with Crippen LogP contribution in [-0.2, 0) is 5.41 Å². The third kappa shape index (κ3) is 3.90. The molecule has 0 saturated heterocycles. The second-order valence-electron chi connectivity index (χ2n) is 14.3. The number of para-hydroxylation sites is 3. The molecule has 4 nitrogen and oxygen atoms in total. The summed E-state index contributed by atoms with van der Waals surface area (Å²) in [5.74, 6) is 0.849. The van der Waals surface area contributed by atoms with Gasteiger partial charge in [0.2, 0.25) is 0 Å². The lowest BCUT2D eigenvalue weighted by molar-refractivity contribution is 0.633. The first-order valence-electron chi connectivity index (χ1n) is 17.6. The van der Waals surface area contributed by atoms with Crippen molar-refractivity contribution in [3.63, 3.8) is 0 Å². The summed E-state index contributed by atoms with van der Waals surface area (Å²) in [7, 11) is 0. The van der Waals surface area contributed by atoms with Gasteiger partial charge in [0.25, 0.3) is 0 Å². The number of benzene rings is 7. The van der Waals surface area contributed by atoms with E-state index < -0.39 is 0 Å². The lowest BCUT2D eigenvalue weighted by atomic mass is 9.85. The largest absolute Gasteiger partial charge is 0.309 e. The van der Waals surface area contributed by atoms with Gasteiger partial charge in [-0.15, -0.1) is 0 Å². The summed E-state index contributed by atoms with van der Waals surface area (Å²) < 4.78 is 4.72. The Morgan fingerprint density at radius 2 is 1.06 bits per heavy atom. The van der Waals surface area contributed by atoms with E-state index in [2.05, 4.69) is 181 Å². The summed E-state index contributed by atoms with van der Waals surface area (Å²) in [6, 6.07) is 56.8. The Labute approximate surface area is 294 Å². The first kappa shape index (κ1) is 28.3. The Balaban J connectivity index is 1.27. The van der Waals surface area contributed by atoms with Gasteiger partial charge >= 0.3 is 0 Å². The van der Waals surface area contributed by atoms with Crippen LogP contribution in [0.15, 0.2) is 158 Å². The van der Waals surface area contributed by atoms with Crippen LogP contribution in [0.1, 0.15) is 25.1 Å². The van der Waals surface area contributed by atoms with Gasteiger partial charge in [0, 0.05) is 43.8 Å². The van der Waals surface area contributed by atoms with Crippen LogP contribution in [0.3, 0.4) is 0 Å². The van der Waals surface area contributed by atoms with Gasteiger partial charge in [-0.2, -0.15) is 0 Å². The first-order chi connectivity index (χ1) is 25.1. The van der Waals surface area contributed by atoms with Crippen molar-refractivity contribution >= 4 is 54.4 Å². The summed E-state index contributed by atoms with van der Waals surface area (Å²) in [6.45, 7) is 4.55. The molecule has 0 unspecified atom stereocenters. The molecule has 0 spiro atoms. The van der Waals surface area contributed by atoms with Gasteiger partial charge < -0.3 is 4.57 Å². The molecule has 0 atom stereocenters. The fourth-order valence-corrected chi connectivity index (χ4v) is 8.62. The van der Waals surface area contributed by atoms with E-state index in [4.69, 9.17) is 9.97 Å². The van der Waals surface area contributed by atoms with E-state index >= 15 is 0 Å². The topological polar surface area (TPSA) is 35.6 Å². The second-order valence-corrected chi connectivity index (χ2v) is 14.3. The zero-order valence-electron chi connectivity index (χ0n) is 28.3. The fourth-order valence-electron chi connectivity index (χ4n) is 8.62. The molecule has 7 aromatic carbocycles. The van der Waals surface area contributed by atoms with Crippen molar-refractivity contribution in [1.29, 1.82) is 0 Å². The van der Waals surface area contributed by atoms with Crippen molar-refractivity contribution in [3.8, 4) is 34.0 Å². The molecule has 3 aromatic heterocycles. The lowest BCUT2D eigenvalue weighted by Crippen LogP contribution is -2.18. The fraction of sp³-hybridized carbons (Fsp3) is 0.0638. The Bertz CT molecular complexity index is 3050. The minimum Gasteiger partial charge on any atom is -0.309 e. The Morgan fingerprint density at radius 1 is 0.451 bits per heavy atom. The predicted molar refractivity (Wildman–Crippen MR) is 211 cm³/mol. The monoisotopic (exact) mass is 652 g/mol. The second kappa shape index (κ2) is 10.3. The molecule has 10 aromatic rings. The highest BCUT2D eigenvalue weighted by Crippen LogP contribution is 2.49. The number of fused-ring (bicyclic) bond motifs is 10. The molecule has 1 aliphatic carbocycles. The van der Waals surface area contributed by atoms with Gasteiger partial charge in [-0.05, 0) is 64.9 Å². The van der Waals surface area contributed by atoms with Gasteiger partial charge in [0.1, 0.15) is 5.69 Å². The van der Waals surface area contributed by atoms with Gasteiger partial charge in [0.15, 0.2) is 5.82 Å². The molecule has 4 heteroatoms. The van der Waals surface area contributed by atoms with Crippen molar-refractivity contribution < 1.29 is 0 Å². The van der Waals surface area contributed by atoms with E-state index in [9.17, 15) is 0 Å². The van der Waals surface area contributed by atoms with Gasteiger partial charge in [-0.25, -0.2) is 9.97 Å². The SMILES string of the molecule is CC1(C)c2ccccc2-c2nc(-c3ccc4c(c3)c3ccccc3n4-c3ccccc3)c(-n3c4ccccc4c4cc5ccccc5cc43)nc21. The molecular weight excluding hydrogens is 621 g/mol. The standard InChI is InChI=1S/C47H32N4/c1-47(2)38-21-11-8-20-35(38)44-45(47)49-46(51-40-23-13-10-19-34(40)37-26-29-14-6-7-15-30(29)28-42(37)51)43(48-44)31-24-25-41-36(27-31)33-18-9-12-22-39(33)50(41)32-16-4-3-5-17-32/h3-28H,1-2H3. The van der Waals surface area contributed by atoms with E-state index in [1.807, 2.05) is 0 Å². The summed E-state index contributed by atoms with van der Waals surface area (Å²) in [4.78, 5) is 11.4. The Kier molecular flexibility index (Phi) is 5.70. The highest BCUT2D eigenvalue weighted by atomic mass is 15.1. The number of aromatic nitrogens is 4. The lowest BCUT2D eigenvalue weighted by Gasteiger charge is -2.22. The molecule has 11 rings (SSSR count). The van der Waals surface area contributed by atoms with Crippen molar-refractivity contribution in [1.82, 2.24) is 19.1 Å². The quantitative estimate of drug-likeness (QED) is 0.190. The summed E-state index contributed by atoms with van der Waals surface area (Å²) in [5, 5.41) is 7.24. The smallest absolute Gasteiger partial charge is 0.164 e. The van der Waals surface area contributed by atoms with Crippen molar-refractivity contribution in [2.75, 3.05) is 0 Å². The Hall–Kier alpha value is -6.52. The third-order valence-electron chi connectivity index (χ3n) is 11.0. The molecule has 3 heterocycles. The van der Waals surface area contributed by atoms with Crippen LogP contribution < -0.4 is 0 Å². The molecular formula is C47H32N4. The van der Waals surface area contributed by atoms with Crippen LogP contribution in [0.2, 0.25) is 0 Å². The molecule has 0 saturated carbocycles. The van der Waals surface area contributed by atoms with Crippen molar-refractivity contribution in [2.45, 2.75) is 19.3 Å². The zero-order valence-corrected chi connectivity index (χ0v) is 28.3.